The molecular weight excluding hydrogens is 639 g/mol. The van der Waals surface area contributed by atoms with Gasteiger partial charge in [-0.1, -0.05) is 24.6 Å². The van der Waals surface area contributed by atoms with Crippen molar-refractivity contribution in [1.29, 1.82) is 0 Å². The van der Waals surface area contributed by atoms with Gasteiger partial charge in [-0.2, -0.15) is 13.2 Å². The van der Waals surface area contributed by atoms with Crippen LogP contribution in [0.2, 0.25) is 5.02 Å². The second-order valence-electron chi connectivity index (χ2n) is 10.1. The average Bonchev–Trinajstić information content (AvgIpc) is 3.09. The zero-order valence-electron chi connectivity index (χ0n) is 26.6. The number of carbonyl (C=O) groups excluding carboxylic acids is 2. The van der Waals surface area contributed by atoms with E-state index in [1.165, 1.54) is 17.4 Å². The summed E-state index contributed by atoms with van der Waals surface area (Å²) in [6, 6.07) is 5.05. The van der Waals surface area contributed by atoms with E-state index in [0.717, 1.165) is 29.2 Å². The van der Waals surface area contributed by atoms with Crippen molar-refractivity contribution in [3.05, 3.63) is 70.4 Å². The Morgan fingerprint density at radius 2 is 1.96 bits per heavy atom. The minimum Gasteiger partial charge on any atom is -0.390 e. The molecule has 16 heteroatoms. The number of amidine groups is 1. The minimum absolute atomic E-state index is 0.0670. The highest BCUT2D eigenvalue weighted by Gasteiger charge is 2.31. The molecule has 2 aromatic rings. The third kappa shape index (κ3) is 10.2. The lowest BCUT2D eigenvalue weighted by Gasteiger charge is -2.38. The number of anilines is 2. The molecule has 12 nitrogen and oxygen atoms in total. The van der Waals surface area contributed by atoms with Gasteiger partial charge in [0.15, 0.2) is 5.84 Å². The van der Waals surface area contributed by atoms with Crippen LogP contribution in [-0.4, -0.2) is 105 Å². The molecule has 1 aromatic heterocycles. The van der Waals surface area contributed by atoms with E-state index in [2.05, 4.69) is 42.3 Å². The fraction of sp³-hybridized carbons (Fsp3) is 0.419. The molecule has 2 aliphatic rings. The Morgan fingerprint density at radius 3 is 2.47 bits per heavy atom. The lowest BCUT2D eigenvalue weighted by atomic mass is 10.1. The SMILES string of the molecule is C=N/C(=N\N(CC=O)C(=O)/C(=C(/CC)NC)N1CCN(c2ccncn2)CC1)C1=CCOCC1.CNc1ccc(C(F)(F)F)cc1Cl. The van der Waals surface area contributed by atoms with Crippen molar-refractivity contribution in [2.75, 3.05) is 70.2 Å². The zero-order chi connectivity index (χ0) is 34.4. The predicted octanol–water partition coefficient (Wildman–Crippen LogP) is 4.23. The molecule has 1 saturated heterocycles. The number of aliphatic imine (C=N–C) groups is 1. The number of piperazine rings is 1. The van der Waals surface area contributed by atoms with E-state index in [9.17, 15) is 22.8 Å². The molecule has 0 spiro atoms. The number of hydrogen-bond acceptors (Lipinski definition) is 10. The molecular formula is C31H39ClF3N9O3. The van der Waals surface area contributed by atoms with Gasteiger partial charge < -0.3 is 30.0 Å². The number of benzene rings is 1. The molecule has 4 rings (SSSR count). The molecule has 1 aromatic carbocycles. The summed E-state index contributed by atoms with van der Waals surface area (Å²) in [5.74, 6) is 0.825. The molecule has 3 heterocycles. The lowest BCUT2D eigenvalue weighted by Crippen LogP contribution is -2.49. The van der Waals surface area contributed by atoms with Crippen molar-refractivity contribution in [2.24, 2.45) is 10.1 Å². The number of nitrogens with zero attached hydrogens (tertiary/aromatic N) is 7. The van der Waals surface area contributed by atoms with Gasteiger partial charge in [0.2, 0.25) is 0 Å². The fourth-order valence-corrected chi connectivity index (χ4v) is 5.12. The van der Waals surface area contributed by atoms with Crippen LogP contribution in [0.5, 0.6) is 0 Å². The normalized spacial score (nSPS) is 15.8. The number of aldehydes is 1. The number of allylic oxidation sites excluding steroid dienone is 1. The van der Waals surface area contributed by atoms with Crippen LogP contribution in [0.15, 0.2) is 69.9 Å². The Morgan fingerprint density at radius 1 is 1.21 bits per heavy atom. The first kappa shape index (κ1) is 37.0. The van der Waals surface area contributed by atoms with E-state index < -0.39 is 11.7 Å². The molecule has 1 fully saturated rings. The Bertz CT molecular complexity index is 1460. The summed E-state index contributed by atoms with van der Waals surface area (Å²) in [6.07, 6.45) is 2.68. The number of nitrogens with one attached hydrogen (secondary N) is 2. The van der Waals surface area contributed by atoms with Crippen LogP contribution >= 0.6 is 11.6 Å². The molecule has 0 aliphatic carbocycles. The monoisotopic (exact) mass is 677 g/mol. The number of amides is 1. The summed E-state index contributed by atoms with van der Waals surface area (Å²) in [7, 11) is 3.38. The first-order valence-electron chi connectivity index (χ1n) is 14.9. The highest BCUT2D eigenvalue weighted by atomic mass is 35.5. The Kier molecular flexibility index (Phi) is 14.2. The van der Waals surface area contributed by atoms with Gasteiger partial charge in [0.1, 0.15) is 30.7 Å². The maximum Gasteiger partial charge on any atom is 0.416 e. The van der Waals surface area contributed by atoms with Crippen molar-refractivity contribution in [3.8, 4) is 0 Å². The van der Waals surface area contributed by atoms with Gasteiger partial charge in [-0.3, -0.25) is 4.79 Å². The number of carbonyl (C=O) groups is 2. The standard InChI is InChI=1S/C23H32N8O3.C8H7ClF3N/c1-4-19(24-2)21(30-11-9-29(10-12-30)20-5-8-26-17-27-20)23(33)31(13-14-32)28-22(25-3)18-6-15-34-16-7-18;1-13-7-3-2-5(4-6(7)9)8(10,11)12/h5-6,8,14,17,24H,3-4,7,9-13,15-16H2,1-2H3;2-4,13H,1H3/b21-19+,28-22-;. The molecule has 254 valence electrons. The Balaban J connectivity index is 0.000000386. The lowest BCUT2D eigenvalue weighted by molar-refractivity contribution is -0.137. The highest BCUT2D eigenvalue weighted by Crippen LogP contribution is 2.33. The van der Waals surface area contributed by atoms with Crippen molar-refractivity contribution < 1.29 is 27.5 Å². The summed E-state index contributed by atoms with van der Waals surface area (Å²) in [5.41, 5.74) is 1.87. The number of hydrogen-bond donors (Lipinski definition) is 2. The van der Waals surface area contributed by atoms with Gasteiger partial charge in [-0.15, -0.1) is 5.10 Å². The molecule has 47 heavy (non-hydrogen) atoms. The average molecular weight is 678 g/mol. The number of alkyl halides is 3. The molecule has 0 saturated carbocycles. The van der Waals surface area contributed by atoms with Crippen LogP contribution in [0.3, 0.4) is 0 Å². The predicted molar refractivity (Wildman–Crippen MR) is 176 cm³/mol. The highest BCUT2D eigenvalue weighted by molar-refractivity contribution is 6.33. The van der Waals surface area contributed by atoms with E-state index in [1.54, 1.807) is 20.3 Å². The van der Waals surface area contributed by atoms with Crippen LogP contribution in [0.1, 0.15) is 25.3 Å². The molecule has 0 radical (unpaired) electrons. The third-order valence-corrected chi connectivity index (χ3v) is 7.61. The second-order valence-corrected chi connectivity index (χ2v) is 10.5. The Labute approximate surface area is 277 Å². The van der Waals surface area contributed by atoms with Gasteiger partial charge in [-0.25, -0.2) is 20.0 Å². The largest absolute Gasteiger partial charge is 0.416 e. The fourth-order valence-electron chi connectivity index (χ4n) is 4.85. The van der Waals surface area contributed by atoms with E-state index >= 15 is 0 Å². The Hall–Kier alpha value is -4.50. The second kappa shape index (κ2) is 18.0. The van der Waals surface area contributed by atoms with Gasteiger partial charge >= 0.3 is 6.18 Å². The molecule has 0 bridgehead atoms. The number of ether oxygens (including phenoxy) is 1. The molecule has 0 unspecified atom stereocenters. The summed E-state index contributed by atoms with van der Waals surface area (Å²) in [4.78, 5) is 41.7. The summed E-state index contributed by atoms with van der Waals surface area (Å²) in [6.45, 7) is 9.01. The summed E-state index contributed by atoms with van der Waals surface area (Å²) >= 11 is 5.57. The maximum atomic E-state index is 13.8. The van der Waals surface area contributed by atoms with Crippen molar-refractivity contribution >= 4 is 47.9 Å². The first-order chi connectivity index (χ1) is 22.6. The van der Waals surface area contributed by atoms with E-state index in [0.29, 0.717) is 75.7 Å². The quantitative estimate of drug-likeness (QED) is 0.125. The number of halogens is 4. The first-order valence-corrected chi connectivity index (χ1v) is 15.2. The van der Waals surface area contributed by atoms with E-state index in [-0.39, 0.29) is 17.5 Å². The van der Waals surface area contributed by atoms with E-state index in [4.69, 9.17) is 16.3 Å². The molecule has 1 amide bonds. The van der Waals surface area contributed by atoms with Crippen molar-refractivity contribution in [2.45, 2.75) is 25.9 Å². The molecule has 0 atom stereocenters. The van der Waals surface area contributed by atoms with Gasteiger partial charge in [-0.05, 0) is 49.4 Å². The molecule has 2 aliphatic heterocycles. The van der Waals surface area contributed by atoms with Crippen LogP contribution in [0, 0.1) is 0 Å². The third-order valence-electron chi connectivity index (χ3n) is 7.29. The summed E-state index contributed by atoms with van der Waals surface area (Å²) < 4.78 is 41.7. The number of hydrazone groups is 1. The van der Waals surface area contributed by atoms with Crippen molar-refractivity contribution in [1.82, 2.24) is 25.2 Å². The number of aromatic nitrogens is 2. The smallest absolute Gasteiger partial charge is 0.390 e. The minimum atomic E-state index is -4.34. The number of rotatable bonds is 10. The van der Waals surface area contributed by atoms with Gasteiger partial charge in [0, 0.05) is 52.2 Å². The molecule has 2 N–H and O–H groups in total. The topological polar surface area (TPSA) is 128 Å². The van der Waals surface area contributed by atoms with Gasteiger partial charge in [0.05, 0.1) is 29.5 Å². The van der Waals surface area contributed by atoms with Crippen LogP contribution < -0.4 is 15.5 Å². The zero-order valence-corrected chi connectivity index (χ0v) is 27.3. The van der Waals surface area contributed by atoms with E-state index in [1.807, 2.05) is 24.0 Å². The maximum absolute atomic E-state index is 13.8. The van der Waals surface area contributed by atoms with Crippen molar-refractivity contribution in [3.63, 3.8) is 0 Å². The van der Waals surface area contributed by atoms with Crippen LogP contribution in [-0.2, 0) is 20.5 Å². The van der Waals surface area contributed by atoms with Crippen LogP contribution in [0.25, 0.3) is 0 Å². The van der Waals surface area contributed by atoms with Gasteiger partial charge in [0.25, 0.3) is 5.91 Å². The van der Waals surface area contributed by atoms with Crippen LogP contribution in [0.4, 0.5) is 24.7 Å². The summed E-state index contributed by atoms with van der Waals surface area (Å²) in [5, 5.41) is 11.5.